The van der Waals surface area contributed by atoms with E-state index in [1.54, 1.807) is 13.0 Å². The van der Waals surface area contributed by atoms with Crippen LogP contribution in [0.3, 0.4) is 0 Å². The van der Waals surface area contributed by atoms with Gasteiger partial charge in [0.2, 0.25) is 11.9 Å². The van der Waals surface area contributed by atoms with Crippen LogP contribution in [-0.4, -0.2) is 25.7 Å². The van der Waals surface area contributed by atoms with Crippen molar-refractivity contribution in [2.24, 2.45) is 5.92 Å². The van der Waals surface area contributed by atoms with Crippen molar-refractivity contribution in [1.82, 2.24) is 19.7 Å². The highest BCUT2D eigenvalue weighted by atomic mass is 16.2. The monoisotopic (exact) mass is 315 g/mol. The highest BCUT2D eigenvalue weighted by Crippen LogP contribution is 2.25. The van der Waals surface area contributed by atoms with Crippen LogP contribution >= 0.6 is 0 Å². The maximum Gasteiger partial charge on any atom is 0.252 e. The van der Waals surface area contributed by atoms with Crippen LogP contribution < -0.4 is 10.9 Å². The Hall–Kier alpha value is -2.44. The topological polar surface area (TPSA) is 92.7 Å². The minimum Gasteiger partial charge on any atom is -0.310 e. The predicted octanol–water partition coefficient (Wildman–Crippen LogP) is 2.09. The van der Waals surface area contributed by atoms with Crippen molar-refractivity contribution in [2.45, 2.75) is 46.0 Å². The van der Waals surface area contributed by atoms with Crippen LogP contribution in [0, 0.1) is 19.8 Å². The summed E-state index contributed by atoms with van der Waals surface area (Å²) in [6, 6.07) is 3.20. The van der Waals surface area contributed by atoms with Crippen LogP contribution in [0.1, 0.15) is 43.5 Å². The van der Waals surface area contributed by atoms with Crippen LogP contribution in [-0.2, 0) is 4.79 Å². The molecule has 0 spiro atoms. The fraction of sp³-hybridized carbons (Fsp3) is 0.500. The normalized spacial score (nSPS) is 15.6. The number of carbonyl (C=O) groups is 1. The average molecular weight is 315 g/mol. The third kappa shape index (κ3) is 3.49. The van der Waals surface area contributed by atoms with Crippen molar-refractivity contribution in [3.63, 3.8) is 0 Å². The van der Waals surface area contributed by atoms with Crippen LogP contribution in [0.25, 0.3) is 5.95 Å². The van der Waals surface area contributed by atoms with E-state index in [1.807, 2.05) is 6.92 Å². The lowest BCUT2D eigenvalue weighted by atomic mass is 9.89. The number of aromatic amines is 1. The Morgan fingerprint density at radius 1 is 1.22 bits per heavy atom. The number of anilines is 1. The van der Waals surface area contributed by atoms with Gasteiger partial charge in [0.05, 0.1) is 5.69 Å². The first-order valence-electron chi connectivity index (χ1n) is 7.99. The first-order chi connectivity index (χ1) is 11.0. The van der Waals surface area contributed by atoms with Gasteiger partial charge in [-0.15, -0.1) is 0 Å². The minimum absolute atomic E-state index is 0.0147. The summed E-state index contributed by atoms with van der Waals surface area (Å²) in [5.41, 5.74) is 1.10. The summed E-state index contributed by atoms with van der Waals surface area (Å²) in [6.45, 7) is 3.58. The molecule has 0 aliphatic heterocycles. The summed E-state index contributed by atoms with van der Waals surface area (Å²) in [5.74, 6) is 0.909. The molecule has 0 atom stereocenters. The molecule has 0 unspecified atom stereocenters. The van der Waals surface area contributed by atoms with Crippen LogP contribution in [0.4, 0.5) is 5.82 Å². The number of aryl methyl sites for hydroxylation is 2. The lowest BCUT2D eigenvalue weighted by Gasteiger charge is -2.20. The third-order valence-electron chi connectivity index (χ3n) is 4.12. The molecule has 2 aromatic heterocycles. The smallest absolute Gasteiger partial charge is 0.252 e. The number of nitrogens with one attached hydrogen (secondary N) is 2. The Balaban J connectivity index is 1.88. The van der Waals surface area contributed by atoms with Gasteiger partial charge in [0.25, 0.3) is 5.56 Å². The molecule has 7 heteroatoms. The summed E-state index contributed by atoms with van der Waals surface area (Å²) >= 11 is 0. The SMILES string of the molecule is Cc1cc(=O)[nH]c(-n2nc(C)cc2NC(=O)C2CCCCC2)n1. The van der Waals surface area contributed by atoms with E-state index in [2.05, 4.69) is 20.4 Å². The van der Waals surface area contributed by atoms with Gasteiger partial charge >= 0.3 is 0 Å². The van der Waals surface area contributed by atoms with Crippen molar-refractivity contribution in [1.29, 1.82) is 0 Å². The molecule has 2 N–H and O–H groups in total. The quantitative estimate of drug-likeness (QED) is 0.907. The van der Waals surface area contributed by atoms with Crippen molar-refractivity contribution >= 4 is 11.7 Å². The van der Waals surface area contributed by atoms with E-state index in [4.69, 9.17) is 0 Å². The molecule has 0 radical (unpaired) electrons. The molecule has 3 rings (SSSR count). The summed E-state index contributed by atoms with van der Waals surface area (Å²) in [5, 5.41) is 7.27. The number of carbonyl (C=O) groups excluding carboxylic acids is 1. The molecule has 0 aromatic carbocycles. The van der Waals surface area contributed by atoms with E-state index >= 15 is 0 Å². The molecule has 2 heterocycles. The molecular formula is C16H21N5O2. The van der Waals surface area contributed by atoms with Crippen molar-refractivity contribution in [3.8, 4) is 5.95 Å². The predicted molar refractivity (Wildman–Crippen MR) is 86.7 cm³/mol. The van der Waals surface area contributed by atoms with Crippen LogP contribution in [0.5, 0.6) is 0 Å². The third-order valence-corrected chi connectivity index (χ3v) is 4.12. The molecule has 1 saturated carbocycles. The molecule has 1 fully saturated rings. The van der Waals surface area contributed by atoms with Gasteiger partial charge in [-0.1, -0.05) is 19.3 Å². The highest BCUT2D eigenvalue weighted by Gasteiger charge is 2.22. The second-order valence-corrected chi connectivity index (χ2v) is 6.12. The Bertz CT molecular complexity index is 771. The largest absolute Gasteiger partial charge is 0.310 e. The molecule has 7 nitrogen and oxygen atoms in total. The Labute approximate surface area is 134 Å². The molecule has 0 bridgehead atoms. The second kappa shape index (κ2) is 6.36. The number of amides is 1. The van der Waals surface area contributed by atoms with Crippen LogP contribution in [0.15, 0.2) is 16.9 Å². The number of nitrogens with zero attached hydrogens (tertiary/aromatic N) is 3. The van der Waals surface area contributed by atoms with Crippen molar-refractivity contribution in [2.75, 3.05) is 5.32 Å². The maximum absolute atomic E-state index is 12.4. The minimum atomic E-state index is -0.245. The first-order valence-corrected chi connectivity index (χ1v) is 7.99. The zero-order valence-corrected chi connectivity index (χ0v) is 13.4. The Kier molecular flexibility index (Phi) is 4.27. The highest BCUT2D eigenvalue weighted by molar-refractivity contribution is 5.92. The molecule has 2 aromatic rings. The van der Waals surface area contributed by atoms with Gasteiger partial charge in [0, 0.05) is 23.7 Å². The fourth-order valence-electron chi connectivity index (χ4n) is 3.01. The first kappa shape index (κ1) is 15.5. The second-order valence-electron chi connectivity index (χ2n) is 6.12. The number of hydrogen-bond donors (Lipinski definition) is 2. The fourth-order valence-corrected chi connectivity index (χ4v) is 3.01. The molecule has 122 valence electrons. The summed E-state index contributed by atoms with van der Waals surface area (Å²) in [6.07, 6.45) is 5.26. The van der Waals surface area contributed by atoms with E-state index in [1.165, 1.54) is 17.2 Å². The number of H-pyrrole nitrogens is 1. The van der Waals surface area contributed by atoms with Crippen molar-refractivity contribution < 1.29 is 4.79 Å². The molecular weight excluding hydrogens is 294 g/mol. The van der Waals surface area contributed by atoms with Gasteiger partial charge in [-0.2, -0.15) is 9.78 Å². The van der Waals surface area contributed by atoms with Gasteiger partial charge < -0.3 is 5.32 Å². The Morgan fingerprint density at radius 3 is 2.65 bits per heavy atom. The van der Waals surface area contributed by atoms with E-state index < -0.39 is 0 Å². The zero-order valence-electron chi connectivity index (χ0n) is 13.4. The maximum atomic E-state index is 12.4. The molecule has 1 amide bonds. The molecule has 23 heavy (non-hydrogen) atoms. The summed E-state index contributed by atoms with van der Waals surface area (Å²) in [4.78, 5) is 31.0. The zero-order chi connectivity index (χ0) is 16.4. The van der Waals surface area contributed by atoms with E-state index in [0.29, 0.717) is 17.5 Å². The lowest BCUT2D eigenvalue weighted by Crippen LogP contribution is -2.26. The lowest BCUT2D eigenvalue weighted by molar-refractivity contribution is -0.120. The number of hydrogen-bond acceptors (Lipinski definition) is 4. The summed E-state index contributed by atoms with van der Waals surface area (Å²) < 4.78 is 1.48. The standard InChI is InChI=1S/C16H21N5O2/c1-10-9-14(22)19-16(17-10)21-13(8-11(2)20-21)18-15(23)12-6-4-3-5-7-12/h8-9,12H,3-7H2,1-2H3,(H,18,23)(H,17,19,22). The van der Waals surface area contributed by atoms with Gasteiger partial charge in [0.15, 0.2) is 0 Å². The summed E-state index contributed by atoms with van der Waals surface area (Å²) in [7, 11) is 0. The van der Waals surface area contributed by atoms with E-state index in [0.717, 1.165) is 31.4 Å². The Morgan fingerprint density at radius 2 is 1.96 bits per heavy atom. The van der Waals surface area contributed by atoms with Gasteiger partial charge in [-0.05, 0) is 26.7 Å². The van der Waals surface area contributed by atoms with Gasteiger partial charge in [-0.25, -0.2) is 4.98 Å². The van der Waals surface area contributed by atoms with Gasteiger partial charge in [-0.3, -0.25) is 14.6 Å². The van der Waals surface area contributed by atoms with Crippen molar-refractivity contribution in [3.05, 3.63) is 33.9 Å². The number of rotatable bonds is 3. The molecule has 1 aliphatic rings. The average Bonchev–Trinajstić information content (AvgIpc) is 2.88. The van der Waals surface area contributed by atoms with E-state index in [9.17, 15) is 9.59 Å². The molecule has 0 saturated heterocycles. The number of aromatic nitrogens is 4. The van der Waals surface area contributed by atoms with E-state index in [-0.39, 0.29) is 17.4 Å². The van der Waals surface area contributed by atoms with Gasteiger partial charge in [0.1, 0.15) is 5.82 Å². The molecule has 1 aliphatic carbocycles. The van der Waals surface area contributed by atoms with Crippen LogP contribution in [0.2, 0.25) is 0 Å².